The fourth-order valence-electron chi connectivity index (χ4n) is 3.09. The molecule has 0 spiro atoms. The van der Waals surface area contributed by atoms with E-state index >= 15 is 0 Å². The first-order chi connectivity index (χ1) is 14.1. The highest BCUT2D eigenvalue weighted by atomic mass is 32.2. The third-order valence-electron chi connectivity index (χ3n) is 4.58. The van der Waals surface area contributed by atoms with E-state index in [4.69, 9.17) is 4.74 Å². The molecule has 2 aromatic carbocycles. The molecule has 2 aromatic heterocycles. The second-order valence-corrected chi connectivity index (χ2v) is 7.48. The zero-order valence-corrected chi connectivity index (χ0v) is 16.7. The van der Waals surface area contributed by atoms with Gasteiger partial charge in [0.1, 0.15) is 23.2 Å². The second kappa shape index (κ2) is 7.86. The molecule has 7 heteroatoms. The summed E-state index contributed by atoms with van der Waals surface area (Å²) in [6.45, 7) is 2.02. The summed E-state index contributed by atoms with van der Waals surface area (Å²) in [5.41, 5.74) is 3.61. The number of fused-ring (bicyclic) bond motifs is 2. The number of aromatic nitrogens is 3. The van der Waals surface area contributed by atoms with Gasteiger partial charge < -0.3 is 14.8 Å². The van der Waals surface area contributed by atoms with Crippen molar-refractivity contribution in [3.05, 3.63) is 65.7 Å². The van der Waals surface area contributed by atoms with Crippen molar-refractivity contribution in [3.63, 3.8) is 0 Å². The normalized spacial score (nSPS) is 12.0. The van der Waals surface area contributed by atoms with Crippen LogP contribution < -0.4 is 4.74 Å². The van der Waals surface area contributed by atoms with E-state index in [1.807, 2.05) is 55.5 Å². The number of aliphatic hydroxyl groups excluding tert-OH is 1. The Balaban J connectivity index is 1.62. The standard InChI is InChI=1S/C22H18N4O2S/c1-13-9-21(24-19-10-14(28-2)7-8-15(13)19)29-12-20(27)16(11-23)22-25-17-5-3-4-6-18(17)26-22/h3-10,27H,12H2,1-2H3,(H,25,26). The van der Waals surface area contributed by atoms with Gasteiger partial charge >= 0.3 is 0 Å². The number of nitriles is 1. The number of rotatable bonds is 5. The highest BCUT2D eigenvalue weighted by Gasteiger charge is 2.14. The number of ether oxygens (including phenoxy) is 1. The molecule has 0 saturated heterocycles. The largest absolute Gasteiger partial charge is 0.510 e. The second-order valence-electron chi connectivity index (χ2n) is 6.49. The minimum absolute atomic E-state index is 0.0400. The van der Waals surface area contributed by atoms with Gasteiger partial charge in [0.15, 0.2) is 5.82 Å². The van der Waals surface area contributed by atoms with Crippen LogP contribution in [0.3, 0.4) is 0 Å². The van der Waals surface area contributed by atoms with Gasteiger partial charge in [-0.15, -0.1) is 0 Å². The van der Waals surface area contributed by atoms with Gasteiger partial charge in [-0.05, 0) is 42.8 Å². The van der Waals surface area contributed by atoms with E-state index in [0.717, 1.165) is 38.3 Å². The fraction of sp³-hybridized carbons (Fsp3) is 0.136. The number of pyridine rings is 1. The third kappa shape index (κ3) is 3.75. The number of nitrogens with one attached hydrogen (secondary N) is 1. The molecule has 29 heavy (non-hydrogen) atoms. The number of benzene rings is 2. The van der Waals surface area contributed by atoms with E-state index in [9.17, 15) is 10.4 Å². The minimum Gasteiger partial charge on any atom is -0.510 e. The van der Waals surface area contributed by atoms with Crippen LogP contribution in [0.5, 0.6) is 5.75 Å². The number of thioether (sulfide) groups is 1. The molecule has 0 bridgehead atoms. The number of para-hydroxylation sites is 2. The molecule has 2 heterocycles. The Bertz CT molecular complexity index is 1250. The van der Waals surface area contributed by atoms with Crippen molar-refractivity contribution in [2.24, 2.45) is 0 Å². The summed E-state index contributed by atoms with van der Waals surface area (Å²) in [6, 6.07) is 17.3. The molecule has 0 atom stereocenters. The van der Waals surface area contributed by atoms with Crippen LogP contribution in [0.1, 0.15) is 11.4 Å². The van der Waals surface area contributed by atoms with Crippen LogP contribution in [0.2, 0.25) is 0 Å². The highest BCUT2D eigenvalue weighted by molar-refractivity contribution is 7.99. The van der Waals surface area contributed by atoms with Gasteiger partial charge in [0.25, 0.3) is 0 Å². The maximum absolute atomic E-state index is 10.5. The van der Waals surface area contributed by atoms with Crippen molar-refractivity contribution < 1.29 is 9.84 Å². The average molecular weight is 402 g/mol. The SMILES string of the molecule is COc1ccc2c(C)cc(SCC(O)=C(C#N)c3nc4ccccc4[nH]3)nc2c1. The van der Waals surface area contributed by atoms with Crippen molar-refractivity contribution in [3.8, 4) is 11.8 Å². The third-order valence-corrected chi connectivity index (χ3v) is 5.51. The lowest BCUT2D eigenvalue weighted by molar-refractivity contribution is 0.415. The maximum atomic E-state index is 10.5. The minimum atomic E-state index is -0.0400. The number of aromatic amines is 1. The van der Waals surface area contributed by atoms with Gasteiger partial charge in [-0.2, -0.15) is 5.26 Å². The Labute approximate surface area is 171 Å². The predicted octanol–water partition coefficient (Wildman–Crippen LogP) is 5.01. The van der Waals surface area contributed by atoms with E-state index in [1.54, 1.807) is 7.11 Å². The molecule has 0 saturated carbocycles. The molecular formula is C22H18N4O2S. The molecule has 0 aliphatic rings. The number of hydrogen-bond donors (Lipinski definition) is 2. The van der Waals surface area contributed by atoms with Crippen molar-refractivity contribution in [1.29, 1.82) is 5.26 Å². The number of hydrogen-bond acceptors (Lipinski definition) is 6. The van der Waals surface area contributed by atoms with Gasteiger partial charge in [-0.25, -0.2) is 9.97 Å². The molecule has 2 N–H and O–H groups in total. The van der Waals surface area contributed by atoms with Gasteiger partial charge in [0.05, 0.1) is 34.4 Å². The van der Waals surface area contributed by atoms with Crippen LogP contribution in [0.25, 0.3) is 27.5 Å². The molecular weight excluding hydrogens is 384 g/mol. The van der Waals surface area contributed by atoms with Crippen LogP contribution >= 0.6 is 11.8 Å². The molecule has 144 valence electrons. The number of aliphatic hydroxyl groups is 1. The van der Waals surface area contributed by atoms with Crippen molar-refractivity contribution in [2.45, 2.75) is 11.9 Å². The summed E-state index contributed by atoms with van der Waals surface area (Å²) in [7, 11) is 1.62. The first kappa shape index (κ1) is 18.8. The van der Waals surface area contributed by atoms with E-state index < -0.39 is 0 Å². The van der Waals surface area contributed by atoms with Crippen LogP contribution in [-0.2, 0) is 0 Å². The van der Waals surface area contributed by atoms with Crippen molar-refractivity contribution in [1.82, 2.24) is 15.0 Å². The predicted molar refractivity (Wildman–Crippen MR) is 115 cm³/mol. The number of H-pyrrole nitrogens is 1. The Hall–Kier alpha value is -3.50. The first-order valence-corrected chi connectivity index (χ1v) is 9.93. The van der Waals surface area contributed by atoms with E-state index in [-0.39, 0.29) is 17.1 Å². The monoisotopic (exact) mass is 402 g/mol. The Kier molecular flexibility index (Phi) is 5.10. The van der Waals surface area contributed by atoms with Crippen LogP contribution in [0.15, 0.2) is 59.3 Å². The fourth-order valence-corrected chi connectivity index (χ4v) is 3.94. The van der Waals surface area contributed by atoms with Gasteiger partial charge in [-0.1, -0.05) is 23.9 Å². The molecule has 6 nitrogen and oxygen atoms in total. The maximum Gasteiger partial charge on any atom is 0.152 e. The lowest BCUT2D eigenvalue weighted by Gasteiger charge is -2.08. The summed E-state index contributed by atoms with van der Waals surface area (Å²) in [4.78, 5) is 12.1. The highest BCUT2D eigenvalue weighted by Crippen LogP contribution is 2.28. The topological polar surface area (TPSA) is 94.8 Å². The summed E-state index contributed by atoms with van der Waals surface area (Å²) < 4.78 is 5.28. The number of imidazole rings is 1. The molecule has 0 fully saturated rings. The quantitative estimate of drug-likeness (QED) is 0.277. The molecule has 0 radical (unpaired) electrons. The van der Waals surface area contributed by atoms with Gasteiger partial charge in [-0.3, -0.25) is 0 Å². The molecule has 4 aromatic rings. The average Bonchev–Trinajstić information content (AvgIpc) is 3.16. The lowest BCUT2D eigenvalue weighted by atomic mass is 10.1. The Morgan fingerprint density at radius 2 is 2.00 bits per heavy atom. The van der Waals surface area contributed by atoms with Gasteiger partial charge in [0, 0.05) is 11.5 Å². The molecule has 0 unspecified atom stereocenters. The van der Waals surface area contributed by atoms with E-state index in [0.29, 0.717) is 5.82 Å². The van der Waals surface area contributed by atoms with Gasteiger partial charge in [0.2, 0.25) is 0 Å². The van der Waals surface area contributed by atoms with Crippen LogP contribution in [0, 0.1) is 18.3 Å². The van der Waals surface area contributed by atoms with E-state index in [2.05, 4.69) is 21.0 Å². The number of aryl methyl sites for hydroxylation is 1. The van der Waals surface area contributed by atoms with Crippen molar-refractivity contribution in [2.75, 3.05) is 12.9 Å². The number of nitrogens with zero attached hydrogens (tertiary/aromatic N) is 3. The Morgan fingerprint density at radius 1 is 1.17 bits per heavy atom. The molecule has 4 rings (SSSR count). The molecule has 0 aliphatic heterocycles. The Morgan fingerprint density at radius 3 is 2.76 bits per heavy atom. The lowest BCUT2D eigenvalue weighted by Crippen LogP contribution is -1.96. The molecule has 0 aliphatic carbocycles. The zero-order valence-electron chi connectivity index (χ0n) is 15.9. The van der Waals surface area contributed by atoms with E-state index in [1.165, 1.54) is 11.8 Å². The molecule has 0 amide bonds. The summed E-state index contributed by atoms with van der Waals surface area (Å²) in [5, 5.41) is 21.9. The number of methoxy groups -OCH3 is 1. The number of allylic oxidation sites excluding steroid dienone is 1. The zero-order chi connectivity index (χ0) is 20.4. The summed E-state index contributed by atoms with van der Waals surface area (Å²) >= 11 is 1.36. The summed E-state index contributed by atoms with van der Waals surface area (Å²) in [5.74, 6) is 1.27. The van der Waals surface area contributed by atoms with Crippen molar-refractivity contribution >= 4 is 39.3 Å². The smallest absolute Gasteiger partial charge is 0.152 e. The summed E-state index contributed by atoms with van der Waals surface area (Å²) in [6.07, 6.45) is 0. The first-order valence-electron chi connectivity index (χ1n) is 8.94. The van der Waals surface area contributed by atoms with Crippen LogP contribution in [-0.4, -0.2) is 32.9 Å². The van der Waals surface area contributed by atoms with Crippen LogP contribution in [0.4, 0.5) is 0 Å².